The Hall–Kier alpha value is -6.84. The molecule has 0 aliphatic heterocycles. The number of benzene rings is 8. The SMILES string of the molecule is CC1(C)c2ccccc2-c2c1ccc1c2c2ccccc2n1-c1ccc2oc3cccc(-c4ccc5c(c4)c4ccccc4n5-c4ccccc4)c3c2c1. The molecule has 12 rings (SSSR count). The number of rotatable bonds is 3. The Bertz CT molecular complexity index is 3350. The van der Waals surface area contributed by atoms with Crippen molar-refractivity contribution in [1.82, 2.24) is 9.13 Å². The van der Waals surface area contributed by atoms with Crippen LogP contribution in [0.2, 0.25) is 0 Å². The highest BCUT2D eigenvalue weighted by molar-refractivity contribution is 6.19. The molecule has 54 heavy (non-hydrogen) atoms. The second-order valence-electron chi connectivity index (χ2n) is 15.3. The van der Waals surface area contributed by atoms with Gasteiger partial charge in [0, 0.05) is 49.1 Å². The predicted molar refractivity (Wildman–Crippen MR) is 225 cm³/mol. The van der Waals surface area contributed by atoms with Crippen LogP contribution < -0.4 is 0 Å². The molecule has 0 N–H and O–H groups in total. The quantitative estimate of drug-likeness (QED) is 0.181. The monoisotopic (exact) mass is 690 g/mol. The summed E-state index contributed by atoms with van der Waals surface area (Å²) in [5.74, 6) is 0. The average molecular weight is 691 g/mol. The lowest BCUT2D eigenvalue weighted by molar-refractivity contribution is 0.661. The molecule has 0 spiro atoms. The van der Waals surface area contributed by atoms with Gasteiger partial charge in [-0.15, -0.1) is 0 Å². The van der Waals surface area contributed by atoms with E-state index in [-0.39, 0.29) is 5.41 Å². The summed E-state index contributed by atoms with van der Waals surface area (Å²) in [5.41, 5.74) is 16.7. The van der Waals surface area contributed by atoms with Crippen molar-refractivity contribution in [3.05, 3.63) is 181 Å². The third kappa shape index (κ3) is 3.85. The number of hydrogen-bond donors (Lipinski definition) is 0. The summed E-state index contributed by atoms with van der Waals surface area (Å²) in [5, 5.41) is 7.33. The van der Waals surface area contributed by atoms with Crippen LogP contribution >= 0.6 is 0 Å². The molecule has 1 aliphatic rings. The van der Waals surface area contributed by atoms with Gasteiger partial charge in [-0.3, -0.25) is 0 Å². The van der Waals surface area contributed by atoms with Crippen molar-refractivity contribution in [2.45, 2.75) is 19.3 Å². The van der Waals surface area contributed by atoms with Crippen molar-refractivity contribution >= 4 is 65.6 Å². The Balaban J connectivity index is 1.10. The molecule has 1 aliphatic carbocycles. The van der Waals surface area contributed by atoms with Gasteiger partial charge in [-0.25, -0.2) is 0 Å². The molecular formula is C51H34N2O. The molecule has 0 fully saturated rings. The third-order valence-electron chi connectivity index (χ3n) is 12.1. The van der Waals surface area contributed by atoms with Gasteiger partial charge in [0.2, 0.25) is 0 Å². The van der Waals surface area contributed by atoms with Crippen molar-refractivity contribution in [2.24, 2.45) is 0 Å². The van der Waals surface area contributed by atoms with Crippen molar-refractivity contribution < 1.29 is 4.42 Å². The Labute approximate surface area is 311 Å². The summed E-state index contributed by atoms with van der Waals surface area (Å²) in [6.07, 6.45) is 0. The van der Waals surface area contributed by atoms with Gasteiger partial charge in [-0.05, 0) is 100 Å². The molecule has 0 unspecified atom stereocenters. The summed E-state index contributed by atoms with van der Waals surface area (Å²) in [6, 6.07) is 62.0. The van der Waals surface area contributed by atoms with Crippen LogP contribution in [0.5, 0.6) is 0 Å². The molecule has 0 atom stereocenters. The van der Waals surface area contributed by atoms with Gasteiger partial charge < -0.3 is 13.6 Å². The maximum absolute atomic E-state index is 6.59. The average Bonchev–Trinajstić information content (AvgIpc) is 3.93. The van der Waals surface area contributed by atoms with E-state index in [1.54, 1.807) is 0 Å². The Kier molecular flexibility index (Phi) is 5.84. The number of fused-ring (bicyclic) bond motifs is 13. The molecule has 11 aromatic rings. The standard InChI is InChI=1S/C51H34N2O/c1-51(2)40-19-9-6-16-36(40)49-41(51)25-27-45-50(49)37-17-8-11-21-43(37)53(45)33-24-28-46-39(30-33)48-34(18-12-22-47(48)54-46)31-23-26-44-38(29-31)35-15-7-10-20-42(35)52(44)32-13-4-3-5-14-32/h3-30H,1-2H3. The number of hydrogen-bond acceptors (Lipinski definition) is 1. The normalized spacial score (nSPS) is 13.5. The summed E-state index contributed by atoms with van der Waals surface area (Å²) < 4.78 is 11.4. The van der Waals surface area contributed by atoms with Gasteiger partial charge in [0.05, 0.1) is 22.1 Å². The Morgan fingerprint density at radius 3 is 1.96 bits per heavy atom. The fourth-order valence-electron chi connectivity index (χ4n) is 9.72. The molecule has 0 saturated heterocycles. The van der Waals surface area contributed by atoms with Gasteiger partial charge >= 0.3 is 0 Å². The smallest absolute Gasteiger partial charge is 0.136 e. The Morgan fingerprint density at radius 1 is 0.407 bits per heavy atom. The van der Waals surface area contributed by atoms with E-state index in [9.17, 15) is 0 Å². The van der Waals surface area contributed by atoms with E-state index in [1.165, 1.54) is 77.0 Å². The van der Waals surface area contributed by atoms with Crippen LogP contribution in [0.1, 0.15) is 25.0 Å². The third-order valence-corrected chi connectivity index (χ3v) is 12.1. The second-order valence-corrected chi connectivity index (χ2v) is 15.3. The molecule has 0 bridgehead atoms. The first-order valence-corrected chi connectivity index (χ1v) is 18.8. The maximum Gasteiger partial charge on any atom is 0.136 e. The van der Waals surface area contributed by atoms with Crippen molar-refractivity contribution in [3.8, 4) is 33.6 Å². The summed E-state index contributed by atoms with van der Waals surface area (Å²) in [4.78, 5) is 0. The van der Waals surface area contributed by atoms with E-state index < -0.39 is 0 Å². The summed E-state index contributed by atoms with van der Waals surface area (Å²) in [6.45, 7) is 4.72. The van der Waals surface area contributed by atoms with Crippen molar-refractivity contribution in [1.29, 1.82) is 0 Å². The van der Waals surface area contributed by atoms with Crippen molar-refractivity contribution in [2.75, 3.05) is 0 Å². The molecule has 0 amide bonds. The van der Waals surface area contributed by atoms with E-state index in [1.807, 2.05) is 0 Å². The molecule has 3 heteroatoms. The summed E-state index contributed by atoms with van der Waals surface area (Å²) >= 11 is 0. The molecule has 8 aromatic carbocycles. The molecule has 254 valence electrons. The largest absolute Gasteiger partial charge is 0.456 e. The van der Waals surface area contributed by atoms with Crippen LogP contribution in [0.15, 0.2) is 174 Å². The molecular weight excluding hydrogens is 657 g/mol. The van der Waals surface area contributed by atoms with Gasteiger partial charge in [-0.1, -0.05) is 117 Å². The summed E-state index contributed by atoms with van der Waals surface area (Å²) in [7, 11) is 0. The van der Waals surface area contributed by atoms with Crippen LogP contribution in [0.25, 0.3) is 99.2 Å². The second kappa shape index (κ2) is 10.6. The minimum absolute atomic E-state index is 0.0617. The predicted octanol–water partition coefficient (Wildman–Crippen LogP) is 13.8. The van der Waals surface area contributed by atoms with Gasteiger partial charge in [0.15, 0.2) is 0 Å². The lowest BCUT2D eigenvalue weighted by Gasteiger charge is -2.21. The minimum atomic E-state index is -0.0617. The van der Waals surface area contributed by atoms with E-state index in [0.717, 1.165) is 33.3 Å². The number of furan rings is 1. The van der Waals surface area contributed by atoms with Crippen LogP contribution in [0, 0.1) is 0 Å². The van der Waals surface area contributed by atoms with E-state index in [0.29, 0.717) is 0 Å². The van der Waals surface area contributed by atoms with Gasteiger partial charge in [0.1, 0.15) is 11.2 Å². The molecule has 3 nitrogen and oxygen atoms in total. The highest BCUT2D eigenvalue weighted by atomic mass is 16.3. The van der Waals surface area contributed by atoms with Gasteiger partial charge in [-0.2, -0.15) is 0 Å². The van der Waals surface area contributed by atoms with Crippen LogP contribution in [-0.4, -0.2) is 9.13 Å². The van der Waals surface area contributed by atoms with Crippen LogP contribution in [-0.2, 0) is 5.41 Å². The first-order chi connectivity index (χ1) is 26.6. The minimum Gasteiger partial charge on any atom is -0.456 e. The fraction of sp³-hybridized carbons (Fsp3) is 0.0588. The lowest BCUT2D eigenvalue weighted by Crippen LogP contribution is -2.14. The van der Waals surface area contributed by atoms with Crippen LogP contribution in [0.4, 0.5) is 0 Å². The topological polar surface area (TPSA) is 23.0 Å². The molecule has 3 heterocycles. The Morgan fingerprint density at radius 2 is 1.09 bits per heavy atom. The van der Waals surface area contributed by atoms with Crippen molar-refractivity contribution in [3.63, 3.8) is 0 Å². The van der Waals surface area contributed by atoms with E-state index >= 15 is 0 Å². The molecule has 0 radical (unpaired) electrons. The number of aromatic nitrogens is 2. The zero-order valence-electron chi connectivity index (χ0n) is 30.0. The highest BCUT2D eigenvalue weighted by Gasteiger charge is 2.37. The zero-order chi connectivity index (χ0) is 35.7. The van der Waals surface area contributed by atoms with Crippen LogP contribution in [0.3, 0.4) is 0 Å². The highest BCUT2D eigenvalue weighted by Crippen LogP contribution is 2.53. The van der Waals surface area contributed by atoms with E-state index in [4.69, 9.17) is 4.42 Å². The number of para-hydroxylation sites is 3. The molecule has 3 aromatic heterocycles. The molecule has 0 saturated carbocycles. The van der Waals surface area contributed by atoms with Gasteiger partial charge in [0.25, 0.3) is 0 Å². The maximum atomic E-state index is 6.59. The fourth-order valence-corrected chi connectivity index (χ4v) is 9.72. The first kappa shape index (κ1) is 29.7. The van der Waals surface area contributed by atoms with E-state index in [2.05, 4.69) is 193 Å². The number of nitrogens with zero attached hydrogens (tertiary/aromatic N) is 2. The zero-order valence-corrected chi connectivity index (χ0v) is 30.0. The first-order valence-electron chi connectivity index (χ1n) is 18.8. The lowest BCUT2D eigenvalue weighted by atomic mass is 9.82.